The quantitative estimate of drug-likeness (QED) is 0.700. The van der Waals surface area contributed by atoms with Crippen LogP contribution in [0.1, 0.15) is 20.9 Å². The molecule has 1 N–H and O–H groups in total. The first-order valence-electron chi connectivity index (χ1n) is 8.25. The first-order chi connectivity index (χ1) is 13.0. The number of nitrogens with zero attached hydrogens (tertiary/aromatic N) is 2. The molecule has 2 aromatic heterocycles. The highest BCUT2D eigenvalue weighted by Gasteiger charge is 2.13. The highest BCUT2D eigenvalue weighted by molar-refractivity contribution is 7.10. The Bertz CT molecular complexity index is 1070. The zero-order valence-corrected chi connectivity index (χ0v) is 15.8. The molecule has 0 saturated heterocycles. The van der Waals surface area contributed by atoms with Crippen LogP contribution in [0.3, 0.4) is 0 Å². The van der Waals surface area contributed by atoms with Gasteiger partial charge in [0.15, 0.2) is 0 Å². The number of hydrogen-bond donors (Lipinski definition) is 1. The monoisotopic (exact) mass is 385 g/mol. The topological polar surface area (TPSA) is 82.3 Å². The number of nitrogens with one attached hydrogen (secondary N) is 1. The van der Waals surface area contributed by atoms with E-state index in [4.69, 9.17) is 4.74 Å². The van der Waals surface area contributed by atoms with Gasteiger partial charge in [-0.15, -0.1) is 11.3 Å². The Morgan fingerprint density at radius 2 is 1.85 bits per heavy atom. The van der Waals surface area contributed by atoms with Crippen LogP contribution in [0.4, 0.5) is 0 Å². The molecule has 27 heavy (non-hydrogen) atoms. The highest BCUT2D eigenvalue weighted by atomic mass is 32.1. The number of hydrogen-bond acceptors (Lipinski definition) is 5. The summed E-state index contributed by atoms with van der Waals surface area (Å²) < 4.78 is 7.81. The van der Waals surface area contributed by atoms with Crippen LogP contribution in [0, 0.1) is 0 Å². The van der Waals surface area contributed by atoms with Crippen LogP contribution < -0.4 is 21.3 Å². The summed E-state index contributed by atoms with van der Waals surface area (Å²) in [5.74, 6) is 0.327. The molecule has 7 nitrogen and oxygen atoms in total. The van der Waals surface area contributed by atoms with Crippen molar-refractivity contribution in [2.75, 3.05) is 0 Å². The minimum Gasteiger partial charge on any atom is -0.489 e. The summed E-state index contributed by atoms with van der Waals surface area (Å²) in [5.41, 5.74) is -0.00906. The number of carbonyl (C=O) groups excluding carboxylic acids is 1. The third-order valence-corrected chi connectivity index (χ3v) is 5.02. The summed E-state index contributed by atoms with van der Waals surface area (Å²) in [6, 6.07) is 12.6. The third kappa shape index (κ3) is 4.35. The molecule has 0 atom stereocenters. The number of benzene rings is 1. The average molecular weight is 385 g/mol. The summed E-state index contributed by atoms with van der Waals surface area (Å²) in [7, 11) is 2.83. The van der Waals surface area contributed by atoms with Crippen molar-refractivity contribution < 1.29 is 9.53 Å². The predicted molar refractivity (Wildman–Crippen MR) is 103 cm³/mol. The minimum absolute atomic E-state index is 0.0345. The van der Waals surface area contributed by atoms with E-state index in [1.54, 1.807) is 0 Å². The van der Waals surface area contributed by atoms with E-state index in [2.05, 4.69) is 5.32 Å². The van der Waals surface area contributed by atoms with Crippen molar-refractivity contribution >= 4 is 17.2 Å². The molecule has 8 heteroatoms. The van der Waals surface area contributed by atoms with E-state index >= 15 is 0 Å². The van der Waals surface area contributed by atoms with E-state index in [-0.39, 0.29) is 5.69 Å². The fourth-order valence-electron chi connectivity index (χ4n) is 2.49. The van der Waals surface area contributed by atoms with Crippen LogP contribution in [0.2, 0.25) is 0 Å². The van der Waals surface area contributed by atoms with Crippen molar-refractivity contribution in [1.29, 1.82) is 0 Å². The molecule has 1 amide bonds. The predicted octanol–water partition coefficient (Wildman–Crippen LogP) is 1.65. The van der Waals surface area contributed by atoms with Crippen molar-refractivity contribution in [2.24, 2.45) is 14.1 Å². The van der Waals surface area contributed by atoms with Gasteiger partial charge >= 0.3 is 5.69 Å². The smallest absolute Gasteiger partial charge is 0.331 e. The van der Waals surface area contributed by atoms with Gasteiger partial charge in [-0.3, -0.25) is 18.7 Å². The summed E-state index contributed by atoms with van der Waals surface area (Å²) in [4.78, 5) is 36.9. The summed E-state index contributed by atoms with van der Waals surface area (Å²) in [6.45, 7) is 0.746. The lowest BCUT2D eigenvalue weighted by Crippen LogP contribution is -2.41. The maximum atomic E-state index is 12.3. The zero-order chi connectivity index (χ0) is 19.4. The number of carbonyl (C=O) groups is 1. The van der Waals surface area contributed by atoms with Gasteiger partial charge in [-0.2, -0.15) is 0 Å². The Morgan fingerprint density at radius 3 is 2.59 bits per heavy atom. The maximum Gasteiger partial charge on any atom is 0.331 e. The van der Waals surface area contributed by atoms with Gasteiger partial charge in [-0.25, -0.2) is 4.79 Å². The summed E-state index contributed by atoms with van der Waals surface area (Å²) >= 11 is 1.51. The molecule has 0 spiro atoms. The van der Waals surface area contributed by atoms with Crippen molar-refractivity contribution in [3.8, 4) is 5.75 Å². The Morgan fingerprint density at radius 1 is 1.11 bits per heavy atom. The molecule has 3 rings (SSSR count). The molecule has 0 unspecified atom stereocenters. The summed E-state index contributed by atoms with van der Waals surface area (Å²) in [6.07, 6.45) is 0. The lowest BCUT2D eigenvalue weighted by Gasteiger charge is -2.09. The number of aromatic nitrogens is 2. The minimum atomic E-state index is -0.538. The fourth-order valence-corrected chi connectivity index (χ4v) is 3.30. The van der Waals surface area contributed by atoms with Crippen LogP contribution in [-0.2, 0) is 27.2 Å². The van der Waals surface area contributed by atoms with Gasteiger partial charge in [-0.05, 0) is 23.6 Å². The van der Waals surface area contributed by atoms with Crippen LogP contribution in [-0.4, -0.2) is 15.0 Å². The van der Waals surface area contributed by atoms with Gasteiger partial charge in [0, 0.05) is 30.6 Å². The van der Waals surface area contributed by atoms with Crippen molar-refractivity contribution in [3.05, 3.63) is 84.8 Å². The molecule has 140 valence electrons. The lowest BCUT2D eigenvalue weighted by molar-refractivity contribution is 0.0941. The van der Waals surface area contributed by atoms with Crippen molar-refractivity contribution in [3.63, 3.8) is 0 Å². The van der Waals surface area contributed by atoms with Gasteiger partial charge in [0.2, 0.25) is 0 Å². The van der Waals surface area contributed by atoms with Gasteiger partial charge < -0.3 is 10.1 Å². The lowest BCUT2D eigenvalue weighted by atomic mass is 10.3. The first-order valence-corrected chi connectivity index (χ1v) is 9.13. The van der Waals surface area contributed by atoms with Crippen LogP contribution >= 0.6 is 11.3 Å². The fraction of sp³-hybridized carbons (Fsp3) is 0.211. The molecule has 0 aliphatic rings. The third-order valence-electron chi connectivity index (χ3n) is 4.04. The van der Waals surface area contributed by atoms with Crippen LogP contribution in [0.5, 0.6) is 5.75 Å². The maximum absolute atomic E-state index is 12.3. The van der Waals surface area contributed by atoms with E-state index in [0.717, 1.165) is 31.4 Å². The number of rotatable bonds is 6. The molecule has 2 heterocycles. The second kappa shape index (κ2) is 8.05. The molecule has 0 aliphatic carbocycles. The Balaban J connectivity index is 1.61. The van der Waals surface area contributed by atoms with Crippen LogP contribution in [0.15, 0.2) is 57.4 Å². The van der Waals surface area contributed by atoms with E-state index in [0.29, 0.717) is 13.2 Å². The van der Waals surface area contributed by atoms with E-state index in [9.17, 15) is 14.4 Å². The van der Waals surface area contributed by atoms with E-state index < -0.39 is 17.2 Å². The summed E-state index contributed by atoms with van der Waals surface area (Å²) in [5, 5.41) is 4.71. The van der Waals surface area contributed by atoms with E-state index in [1.165, 1.54) is 25.4 Å². The molecule has 0 fully saturated rings. The van der Waals surface area contributed by atoms with E-state index in [1.807, 2.05) is 41.8 Å². The molecule has 1 aromatic carbocycles. The number of thiophene rings is 1. The number of amides is 1. The second-order valence-electron chi connectivity index (χ2n) is 5.97. The standard InChI is InChI=1S/C19H19N3O4S/c1-21-16(9-17(23)22(2)19(21)25)18(24)20-10-15-8-13(12-27-15)11-26-14-6-4-3-5-7-14/h3-9,12H,10-11H2,1-2H3,(H,20,24). The zero-order valence-electron chi connectivity index (χ0n) is 15.0. The number of ether oxygens (including phenoxy) is 1. The molecule has 3 aromatic rings. The highest BCUT2D eigenvalue weighted by Crippen LogP contribution is 2.17. The van der Waals surface area contributed by atoms with Crippen molar-refractivity contribution in [1.82, 2.24) is 14.5 Å². The molecular weight excluding hydrogens is 366 g/mol. The van der Waals surface area contributed by atoms with Gasteiger partial charge in [0.1, 0.15) is 18.1 Å². The van der Waals surface area contributed by atoms with Gasteiger partial charge in [-0.1, -0.05) is 18.2 Å². The largest absolute Gasteiger partial charge is 0.489 e. The Hall–Kier alpha value is -3.13. The first kappa shape index (κ1) is 18.7. The second-order valence-corrected chi connectivity index (χ2v) is 6.97. The molecule has 0 aliphatic heterocycles. The Labute approximate surface area is 159 Å². The van der Waals surface area contributed by atoms with Crippen LogP contribution in [0.25, 0.3) is 0 Å². The number of para-hydroxylation sites is 1. The molecule has 0 radical (unpaired) electrons. The van der Waals surface area contributed by atoms with Gasteiger partial charge in [0.05, 0.1) is 6.54 Å². The van der Waals surface area contributed by atoms with Crippen molar-refractivity contribution in [2.45, 2.75) is 13.2 Å². The van der Waals surface area contributed by atoms with Gasteiger partial charge in [0.25, 0.3) is 11.5 Å². The Kier molecular flexibility index (Phi) is 5.56. The molecule has 0 bridgehead atoms. The molecular formula is C19H19N3O4S. The normalized spacial score (nSPS) is 10.6. The molecule has 0 saturated carbocycles. The average Bonchev–Trinajstić information content (AvgIpc) is 3.14. The SMILES string of the molecule is Cn1c(C(=O)NCc2cc(COc3ccccc3)cs2)cc(=O)n(C)c1=O.